The van der Waals surface area contributed by atoms with Crippen LogP contribution in [-0.2, 0) is 4.74 Å². The highest BCUT2D eigenvalue weighted by Gasteiger charge is 2.00. The van der Waals surface area contributed by atoms with Crippen LogP contribution in [0.1, 0.15) is 0 Å². The predicted molar refractivity (Wildman–Crippen MR) is 24.9 cm³/mol. The fraction of sp³-hybridized carbons (Fsp3) is 0.667. The van der Waals surface area contributed by atoms with Crippen molar-refractivity contribution in [2.75, 3.05) is 7.11 Å². The van der Waals surface area contributed by atoms with Gasteiger partial charge < -0.3 is 15.6 Å². The van der Waals surface area contributed by atoms with Gasteiger partial charge in [0.25, 0.3) is 0 Å². The Morgan fingerprint density at radius 3 is 2.43 bits per heavy atom. The highest BCUT2D eigenvalue weighted by atomic mass is 16.6. The molecular weight excluding hydrogens is 96.0 g/mol. The lowest BCUT2D eigenvalue weighted by atomic mass is 10.6. The average molecular weight is 104 g/mol. The van der Waals surface area contributed by atoms with Crippen LogP contribution >= 0.6 is 0 Å². The van der Waals surface area contributed by atoms with Gasteiger partial charge in [-0.15, -0.1) is 0 Å². The minimum atomic E-state index is -1.24. The second-order valence-corrected chi connectivity index (χ2v) is 1.04. The number of methoxy groups -OCH3 is 1. The molecule has 0 aromatic rings. The van der Waals surface area contributed by atoms with Gasteiger partial charge in [-0.3, -0.25) is 5.41 Å². The summed E-state index contributed by atoms with van der Waals surface area (Å²) in [4.78, 5) is 0. The molecule has 1 atom stereocenters. The number of aliphatic hydroxyl groups excluding tert-OH is 1. The molecule has 0 aliphatic heterocycles. The van der Waals surface area contributed by atoms with Crippen LogP contribution in [-0.4, -0.2) is 24.3 Å². The third kappa shape index (κ3) is 2.13. The number of rotatable bonds is 2. The quantitative estimate of drug-likeness (QED) is 0.236. The van der Waals surface area contributed by atoms with Crippen LogP contribution in [0.15, 0.2) is 0 Å². The summed E-state index contributed by atoms with van der Waals surface area (Å²) < 4.78 is 4.22. The van der Waals surface area contributed by atoms with E-state index < -0.39 is 6.29 Å². The molecule has 0 radical (unpaired) electrons. The third-order valence-electron chi connectivity index (χ3n) is 0.489. The van der Waals surface area contributed by atoms with Gasteiger partial charge >= 0.3 is 0 Å². The van der Waals surface area contributed by atoms with Gasteiger partial charge in [-0.2, -0.15) is 0 Å². The van der Waals surface area contributed by atoms with Crippen molar-refractivity contribution in [1.29, 1.82) is 5.41 Å². The minimum absolute atomic E-state index is 0.373. The zero-order valence-corrected chi connectivity index (χ0v) is 4.01. The van der Waals surface area contributed by atoms with Crippen LogP contribution in [0.5, 0.6) is 0 Å². The van der Waals surface area contributed by atoms with E-state index in [9.17, 15) is 0 Å². The monoisotopic (exact) mass is 104 g/mol. The van der Waals surface area contributed by atoms with Crippen LogP contribution < -0.4 is 5.73 Å². The summed E-state index contributed by atoms with van der Waals surface area (Å²) in [5.41, 5.74) is 4.75. The van der Waals surface area contributed by atoms with E-state index in [0.717, 1.165) is 0 Å². The maximum Gasteiger partial charge on any atom is 0.213 e. The number of ether oxygens (including phenoxy) is 1. The molecule has 0 heterocycles. The fourth-order valence-electron chi connectivity index (χ4n) is 0.127. The van der Waals surface area contributed by atoms with E-state index in [1.54, 1.807) is 0 Å². The van der Waals surface area contributed by atoms with Crippen molar-refractivity contribution in [3.05, 3.63) is 0 Å². The summed E-state index contributed by atoms with van der Waals surface area (Å²) in [6.45, 7) is 0. The molecule has 42 valence electrons. The number of hydrogen-bond donors (Lipinski definition) is 3. The summed E-state index contributed by atoms with van der Waals surface area (Å²) in [7, 11) is 1.27. The Morgan fingerprint density at radius 2 is 2.43 bits per heavy atom. The average Bonchev–Trinajstić information content (AvgIpc) is 1.65. The number of nitrogens with two attached hydrogens (primary N) is 1. The van der Waals surface area contributed by atoms with E-state index in [0.29, 0.717) is 0 Å². The summed E-state index contributed by atoms with van der Waals surface area (Å²) >= 11 is 0. The predicted octanol–water partition coefficient (Wildman–Crippen LogP) is -1.11. The Bertz CT molecular complexity index is 73.3. The van der Waals surface area contributed by atoms with Gasteiger partial charge in [0.15, 0.2) is 0 Å². The summed E-state index contributed by atoms with van der Waals surface area (Å²) in [5.74, 6) is -0.373. The van der Waals surface area contributed by atoms with Gasteiger partial charge in [0.2, 0.25) is 6.29 Å². The lowest BCUT2D eigenvalue weighted by Crippen LogP contribution is -2.28. The standard InChI is InChI=1S/C3H8N2O2/c1-7-3(6)2(4)5/h3,6H,1H3,(H3,4,5). The minimum Gasteiger partial charge on any atom is -0.383 e. The molecule has 1 unspecified atom stereocenters. The van der Waals surface area contributed by atoms with Crippen molar-refractivity contribution in [3.8, 4) is 0 Å². The fourth-order valence-corrected chi connectivity index (χ4v) is 0.127. The third-order valence-corrected chi connectivity index (χ3v) is 0.489. The molecular formula is C3H8N2O2. The van der Waals surface area contributed by atoms with Crippen molar-refractivity contribution in [3.63, 3.8) is 0 Å². The molecule has 4 nitrogen and oxygen atoms in total. The van der Waals surface area contributed by atoms with Crippen LogP contribution in [0.2, 0.25) is 0 Å². The second-order valence-electron chi connectivity index (χ2n) is 1.04. The van der Waals surface area contributed by atoms with Crippen molar-refractivity contribution >= 4 is 5.84 Å². The van der Waals surface area contributed by atoms with Gasteiger partial charge in [-0.25, -0.2) is 0 Å². The molecule has 0 aromatic heterocycles. The SMILES string of the molecule is COC(O)C(=N)N. The molecule has 0 spiro atoms. The highest BCUT2D eigenvalue weighted by molar-refractivity contribution is 5.79. The van der Waals surface area contributed by atoms with Crippen LogP contribution in [0.25, 0.3) is 0 Å². The van der Waals surface area contributed by atoms with Gasteiger partial charge in [0.1, 0.15) is 5.84 Å². The zero-order chi connectivity index (χ0) is 5.86. The smallest absolute Gasteiger partial charge is 0.213 e. The van der Waals surface area contributed by atoms with Crippen molar-refractivity contribution in [2.24, 2.45) is 5.73 Å². The van der Waals surface area contributed by atoms with Crippen molar-refractivity contribution in [1.82, 2.24) is 0 Å². The molecule has 0 saturated carbocycles. The van der Waals surface area contributed by atoms with Crippen LogP contribution in [0, 0.1) is 5.41 Å². The Labute approximate surface area is 41.4 Å². The maximum absolute atomic E-state index is 8.36. The Kier molecular flexibility index (Phi) is 2.32. The van der Waals surface area contributed by atoms with E-state index in [2.05, 4.69) is 4.74 Å². The maximum atomic E-state index is 8.36. The Hall–Kier alpha value is -0.610. The lowest BCUT2D eigenvalue weighted by molar-refractivity contribution is -0.0214. The van der Waals surface area contributed by atoms with Crippen molar-refractivity contribution < 1.29 is 9.84 Å². The molecule has 4 N–H and O–H groups in total. The highest BCUT2D eigenvalue weighted by Crippen LogP contribution is 1.76. The normalized spacial score (nSPS) is 13.4. The van der Waals surface area contributed by atoms with E-state index in [1.165, 1.54) is 7.11 Å². The number of aliphatic hydroxyl groups is 1. The first kappa shape index (κ1) is 6.39. The molecule has 0 amide bonds. The van der Waals surface area contributed by atoms with Crippen LogP contribution in [0.4, 0.5) is 0 Å². The number of amidine groups is 1. The van der Waals surface area contributed by atoms with Crippen LogP contribution in [0.3, 0.4) is 0 Å². The first-order chi connectivity index (χ1) is 3.18. The van der Waals surface area contributed by atoms with Gasteiger partial charge in [0, 0.05) is 7.11 Å². The van der Waals surface area contributed by atoms with Gasteiger partial charge in [0.05, 0.1) is 0 Å². The first-order valence-corrected chi connectivity index (χ1v) is 1.73. The topological polar surface area (TPSA) is 79.3 Å². The Balaban J connectivity index is 3.34. The van der Waals surface area contributed by atoms with Gasteiger partial charge in [-0.05, 0) is 0 Å². The largest absolute Gasteiger partial charge is 0.383 e. The van der Waals surface area contributed by atoms with E-state index in [-0.39, 0.29) is 5.84 Å². The number of hydrogen-bond acceptors (Lipinski definition) is 3. The van der Waals surface area contributed by atoms with Crippen molar-refractivity contribution in [2.45, 2.75) is 6.29 Å². The summed E-state index contributed by atoms with van der Waals surface area (Å²) in [5, 5.41) is 14.9. The lowest BCUT2D eigenvalue weighted by Gasteiger charge is -2.02. The Morgan fingerprint density at radius 1 is 2.00 bits per heavy atom. The molecule has 0 fully saturated rings. The number of nitrogens with one attached hydrogen (secondary N) is 1. The van der Waals surface area contributed by atoms with Gasteiger partial charge in [-0.1, -0.05) is 0 Å². The molecule has 0 aliphatic carbocycles. The molecule has 0 aromatic carbocycles. The first-order valence-electron chi connectivity index (χ1n) is 1.73. The summed E-state index contributed by atoms with van der Waals surface area (Å²) in [6.07, 6.45) is -1.24. The molecule has 0 rings (SSSR count). The van der Waals surface area contributed by atoms with E-state index in [4.69, 9.17) is 16.2 Å². The molecule has 0 bridgehead atoms. The zero-order valence-electron chi connectivity index (χ0n) is 4.01. The van der Waals surface area contributed by atoms with E-state index >= 15 is 0 Å². The molecule has 0 aliphatic rings. The molecule has 0 saturated heterocycles. The summed E-state index contributed by atoms with van der Waals surface area (Å²) in [6, 6.07) is 0. The molecule has 7 heavy (non-hydrogen) atoms. The van der Waals surface area contributed by atoms with E-state index in [1.807, 2.05) is 0 Å². The molecule has 4 heteroatoms. The second kappa shape index (κ2) is 2.54.